The van der Waals surface area contributed by atoms with Crippen LogP contribution in [-0.4, -0.2) is 49.1 Å². The van der Waals surface area contributed by atoms with Crippen LogP contribution < -0.4 is 5.32 Å². The number of amides is 1. The van der Waals surface area contributed by atoms with E-state index < -0.39 is 0 Å². The fraction of sp³-hybridized carbons (Fsp3) is 0.571. The summed E-state index contributed by atoms with van der Waals surface area (Å²) in [6, 6.07) is 1.91. The van der Waals surface area contributed by atoms with Crippen LogP contribution in [0.1, 0.15) is 29.9 Å². The Balaban J connectivity index is 3.03. The molecule has 1 heterocycles. The lowest BCUT2D eigenvalue weighted by Gasteiger charge is -2.28. The molecular formula is C14H23N3O2. The first-order valence-electron chi connectivity index (χ1n) is 6.49. The van der Waals surface area contributed by atoms with Gasteiger partial charge in [0.15, 0.2) is 0 Å². The van der Waals surface area contributed by atoms with E-state index in [2.05, 4.69) is 10.3 Å². The second-order valence-corrected chi connectivity index (χ2v) is 4.52. The molecule has 0 aliphatic heterocycles. The lowest BCUT2D eigenvalue weighted by Crippen LogP contribution is -2.41. The van der Waals surface area contributed by atoms with E-state index in [0.717, 1.165) is 11.4 Å². The molecular weight excluding hydrogens is 242 g/mol. The second kappa shape index (κ2) is 7.09. The molecule has 1 atom stereocenters. The number of hydrogen-bond donors (Lipinski definition) is 1. The Morgan fingerprint density at radius 1 is 1.58 bits per heavy atom. The van der Waals surface area contributed by atoms with Crippen LogP contribution in [0.3, 0.4) is 0 Å². The van der Waals surface area contributed by atoms with Gasteiger partial charge in [0, 0.05) is 32.6 Å². The largest absolute Gasteiger partial charge is 0.387 e. The molecule has 0 fully saturated rings. The summed E-state index contributed by atoms with van der Waals surface area (Å²) in [4.78, 5) is 18.6. The highest BCUT2D eigenvalue weighted by Gasteiger charge is 2.22. The van der Waals surface area contributed by atoms with E-state index in [-0.39, 0.29) is 11.9 Å². The molecule has 0 aliphatic rings. The van der Waals surface area contributed by atoms with E-state index in [1.807, 2.05) is 26.8 Å². The number of anilines is 1. The molecule has 19 heavy (non-hydrogen) atoms. The Bertz CT molecular complexity index is 435. The minimum Gasteiger partial charge on any atom is -0.387 e. The van der Waals surface area contributed by atoms with E-state index in [9.17, 15) is 4.79 Å². The first-order valence-corrected chi connectivity index (χ1v) is 6.49. The first kappa shape index (κ1) is 15.4. The van der Waals surface area contributed by atoms with Crippen LogP contribution in [0.15, 0.2) is 12.3 Å². The quantitative estimate of drug-likeness (QED) is 0.854. The molecule has 0 bridgehead atoms. The van der Waals surface area contributed by atoms with Crippen LogP contribution in [-0.2, 0) is 4.74 Å². The number of ether oxygens (including phenoxy) is 1. The van der Waals surface area contributed by atoms with Crippen molar-refractivity contribution in [3.05, 3.63) is 23.5 Å². The van der Waals surface area contributed by atoms with Crippen LogP contribution in [0, 0.1) is 6.92 Å². The van der Waals surface area contributed by atoms with Crippen molar-refractivity contribution in [1.29, 1.82) is 0 Å². The van der Waals surface area contributed by atoms with Gasteiger partial charge in [-0.3, -0.25) is 9.78 Å². The highest BCUT2D eigenvalue weighted by molar-refractivity contribution is 5.99. The average Bonchev–Trinajstić information content (AvgIpc) is 2.39. The monoisotopic (exact) mass is 265 g/mol. The third-order valence-corrected chi connectivity index (χ3v) is 3.08. The predicted octanol–water partition coefficient (Wildman–Crippen LogP) is 1.93. The number of methoxy groups -OCH3 is 1. The zero-order valence-electron chi connectivity index (χ0n) is 12.4. The minimum absolute atomic E-state index is 0.0242. The maximum Gasteiger partial charge on any atom is 0.257 e. The van der Waals surface area contributed by atoms with Crippen molar-refractivity contribution in [2.75, 3.05) is 32.6 Å². The molecule has 0 aromatic carbocycles. The number of nitrogens with one attached hydrogen (secondary N) is 1. The van der Waals surface area contributed by atoms with Gasteiger partial charge in [0.2, 0.25) is 0 Å². The Kier molecular flexibility index (Phi) is 5.76. The summed E-state index contributed by atoms with van der Waals surface area (Å²) in [5.41, 5.74) is 2.28. The smallest absolute Gasteiger partial charge is 0.257 e. The maximum absolute atomic E-state index is 12.6. The SMILES string of the molecule is CCN(C(=O)c1cnc(C)cc1NC)C(C)COC. The number of hydrogen-bond acceptors (Lipinski definition) is 4. The molecule has 1 N–H and O–H groups in total. The van der Waals surface area contributed by atoms with Crippen LogP contribution in [0.25, 0.3) is 0 Å². The Labute approximate surface area is 115 Å². The fourth-order valence-electron chi connectivity index (χ4n) is 2.08. The summed E-state index contributed by atoms with van der Waals surface area (Å²) < 4.78 is 5.12. The molecule has 0 saturated carbocycles. The number of aryl methyl sites for hydroxylation is 1. The molecule has 1 aromatic heterocycles. The topological polar surface area (TPSA) is 54.5 Å². The summed E-state index contributed by atoms with van der Waals surface area (Å²) >= 11 is 0. The minimum atomic E-state index is -0.0242. The molecule has 5 heteroatoms. The van der Waals surface area contributed by atoms with Crippen molar-refractivity contribution in [3.8, 4) is 0 Å². The Morgan fingerprint density at radius 2 is 2.26 bits per heavy atom. The fourth-order valence-corrected chi connectivity index (χ4v) is 2.08. The van der Waals surface area contributed by atoms with Gasteiger partial charge in [0.1, 0.15) is 0 Å². The lowest BCUT2D eigenvalue weighted by atomic mass is 10.1. The summed E-state index contributed by atoms with van der Waals surface area (Å²) in [6.45, 7) is 7.00. The number of carbonyl (C=O) groups excluding carboxylic acids is 1. The van der Waals surface area contributed by atoms with Crippen molar-refractivity contribution < 1.29 is 9.53 Å². The number of aromatic nitrogens is 1. The van der Waals surface area contributed by atoms with E-state index in [4.69, 9.17) is 4.74 Å². The van der Waals surface area contributed by atoms with Crippen LogP contribution in [0.4, 0.5) is 5.69 Å². The second-order valence-electron chi connectivity index (χ2n) is 4.52. The van der Waals surface area contributed by atoms with Gasteiger partial charge in [-0.05, 0) is 26.8 Å². The average molecular weight is 265 g/mol. The van der Waals surface area contributed by atoms with Gasteiger partial charge < -0.3 is 15.0 Å². The van der Waals surface area contributed by atoms with Crippen molar-refractivity contribution >= 4 is 11.6 Å². The summed E-state index contributed by atoms with van der Waals surface area (Å²) in [6.07, 6.45) is 1.63. The van der Waals surface area contributed by atoms with Crippen LogP contribution >= 0.6 is 0 Å². The number of likely N-dealkylation sites (N-methyl/N-ethyl adjacent to an activating group) is 1. The summed E-state index contributed by atoms with van der Waals surface area (Å²) in [5, 5.41) is 3.05. The van der Waals surface area contributed by atoms with Gasteiger partial charge in [-0.2, -0.15) is 0 Å². The van der Waals surface area contributed by atoms with E-state index in [1.165, 1.54) is 0 Å². The molecule has 1 amide bonds. The van der Waals surface area contributed by atoms with Crippen molar-refractivity contribution in [2.24, 2.45) is 0 Å². The highest BCUT2D eigenvalue weighted by atomic mass is 16.5. The zero-order valence-corrected chi connectivity index (χ0v) is 12.4. The third-order valence-electron chi connectivity index (χ3n) is 3.08. The normalized spacial score (nSPS) is 12.1. The molecule has 0 saturated heterocycles. The van der Waals surface area contributed by atoms with Gasteiger partial charge in [-0.1, -0.05) is 0 Å². The number of pyridine rings is 1. The van der Waals surface area contributed by atoms with E-state index in [0.29, 0.717) is 18.7 Å². The zero-order chi connectivity index (χ0) is 14.4. The van der Waals surface area contributed by atoms with E-state index >= 15 is 0 Å². The molecule has 1 unspecified atom stereocenters. The first-order chi connectivity index (χ1) is 9.04. The predicted molar refractivity (Wildman–Crippen MR) is 76.6 cm³/mol. The molecule has 1 rings (SSSR count). The molecule has 0 radical (unpaired) electrons. The standard InChI is InChI=1S/C14H23N3O2/c1-6-17(11(3)9-19-5)14(18)12-8-16-10(2)7-13(12)15-4/h7-8,11H,6,9H2,1-5H3,(H,15,16). The van der Waals surface area contributed by atoms with Gasteiger partial charge in [0.25, 0.3) is 5.91 Å². The van der Waals surface area contributed by atoms with Crippen molar-refractivity contribution in [3.63, 3.8) is 0 Å². The summed E-state index contributed by atoms with van der Waals surface area (Å²) in [5.74, 6) is -0.0242. The van der Waals surface area contributed by atoms with Crippen molar-refractivity contribution in [1.82, 2.24) is 9.88 Å². The Morgan fingerprint density at radius 3 is 2.79 bits per heavy atom. The number of carbonyl (C=O) groups is 1. The molecule has 1 aromatic rings. The van der Waals surface area contributed by atoms with Gasteiger partial charge in [-0.15, -0.1) is 0 Å². The number of rotatable bonds is 6. The van der Waals surface area contributed by atoms with Crippen LogP contribution in [0.5, 0.6) is 0 Å². The lowest BCUT2D eigenvalue weighted by molar-refractivity contribution is 0.0580. The molecule has 0 spiro atoms. The Hall–Kier alpha value is -1.62. The number of nitrogens with zero attached hydrogens (tertiary/aromatic N) is 2. The third kappa shape index (κ3) is 3.67. The maximum atomic E-state index is 12.6. The molecule has 0 aliphatic carbocycles. The molecule has 106 valence electrons. The summed E-state index contributed by atoms with van der Waals surface area (Å²) in [7, 11) is 3.45. The van der Waals surface area contributed by atoms with Gasteiger partial charge in [-0.25, -0.2) is 0 Å². The molecule has 5 nitrogen and oxygen atoms in total. The van der Waals surface area contributed by atoms with Gasteiger partial charge >= 0.3 is 0 Å². The van der Waals surface area contributed by atoms with Crippen LogP contribution in [0.2, 0.25) is 0 Å². The van der Waals surface area contributed by atoms with Gasteiger partial charge in [0.05, 0.1) is 23.9 Å². The van der Waals surface area contributed by atoms with Crippen molar-refractivity contribution in [2.45, 2.75) is 26.8 Å². The van der Waals surface area contributed by atoms with E-state index in [1.54, 1.807) is 25.3 Å². The highest BCUT2D eigenvalue weighted by Crippen LogP contribution is 2.18.